The first-order chi connectivity index (χ1) is 14.0. The molecule has 0 aliphatic heterocycles. The third kappa shape index (κ3) is 3.82. The molecule has 4 rings (SSSR count). The monoisotopic (exact) mass is 415 g/mol. The highest BCUT2D eigenvalue weighted by atomic mass is 32.1. The van der Waals surface area contributed by atoms with Crippen molar-refractivity contribution >= 4 is 21.6 Å². The summed E-state index contributed by atoms with van der Waals surface area (Å²) in [5.74, 6) is 1.07. The van der Waals surface area contributed by atoms with Gasteiger partial charge < -0.3 is 14.7 Å². The summed E-state index contributed by atoms with van der Waals surface area (Å²) < 4.78 is 6.50. The number of fused-ring (bicyclic) bond motifs is 3. The van der Waals surface area contributed by atoms with E-state index < -0.39 is 6.10 Å². The summed E-state index contributed by atoms with van der Waals surface area (Å²) in [5, 5.41) is 11.2. The number of aromatic nitrogens is 2. The predicted octanol–water partition coefficient (Wildman–Crippen LogP) is 4.69. The first-order valence-electron chi connectivity index (χ1n) is 10.9. The van der Waals surface area contributed by atoms with Crippen LogP contribution in [-0.2, 0) is 6.42 Å². The summed E-state index contributed by atoms with van der Waals surface area (Å²) in [7, 11) is 4.40. The zero-order valence-electron chi connectivity index (χ0n) is 17.9. The van der Waals surface area contributed by atoms with Gasteiger partial charge in [0.15, 0.2) is 0 Å². The Morgan fingerprint density at radius 1 is 1.34 bits per heavy atom. The van der Waals surface area contributed by atoms with E-state index >= 15 is 0 Å². The maximum absolute atomic E-state index is 10.1. The van der Waals surface area contributed by atoms with E-state index in [0.717, 1.165) is 54.6 Å². The van der Waals surface area contributed by atoms with Gasteiger partial charge in [-0.05, 0) is 76.9 Å². The lowest BCUT2D eigenvalue weighted by Crippen LogP contribution is -2.48. The summed E-state index contributed by atoms with van der Waals surface area (Å²) in [6, 6.07) is 0. The number of nitrogens with zero attached hydrogens (tertiary/aromatic N) is 3. The quantitative estimate of drug-likeness (QED) is 0.665. The lowest BCUT2D eigenvalue weighted by Gasteiger charge is -2.44. The first-order valence-corrected chi connectivity index (χ1v) is 11.7. The Morgan fingerprint density at radius 3 is 2.76 bits per heavy atom. The smallest absolute Gasteiger partial charge is 0.225 e. The van der Waals surface area contributed by atoms with Crippen molar-refractivity contribution in [3.63, 3.8) is 0 Å². The van der Waals surface area contributed by atoms with E-state index in [4.69, 9.17) is 4.74 Å². The molecule has 0 unspecified atom stereocenters. The molecule has 0 aromatic carbocycles. The number of thiophene rings is 1. The largest absolute Gasteiger partial charge is 0.474 e. The number of rotatable bonds is 7. The van der Waals surface area contributed by atoms with Crippen LogP contribution < -0.4 is 4.74 Å². The van der Waals surface area contributed by atoms with Crippen LogP contribution in [0, 0.1) is 0 Å². The van der Waals surface area contributed by atoms with Gasteiger partial charge in [0.25, 0.3) is 0 Å². The molecule has 29 heavy (non-hydrogen) atoms. The maximum Gasteiger partial charge on any atom is 0.225 e. The van der Waals surface area contributed by atoms with E-state index in [9.17, 15) is 5.11 Å². The maximum atomic E-state index is 10.1. The van der Waals surface area contributed by atoms with Crippen molar-refractivity contribution in [2.24, 2.45) is 0 Å². The third-order valence-electron chi connectivity index (χ3n) is 7.24. The number of ether oxygens (including phenoxy) is 1. The van der Waals surface area contributed by atoms with E-state index in [1.807, 2.05) is 0 Å². The van der Waals surface area contributed by atoms with Gasteiger partial charge in [-0.25, -0.2) is 9.97 Å². The third-order valence-corrected chi connectivity index (χ3v) is 8.42. The minimum atomic E-state index is -0.471. The van der Waals surface area contributed by atoms with Crippen molar-refractivity contribution in [2.45, 2.75) is 82.0 Å². The highest BCUT2D eigenvalue weighted by Crippen LogP contribution is 2.48. The molecule has 6 heteroatoms. The van der Waals surface area contributed by atoms with Crippen molar-refractivity contribution in [1.82, 2.24) is 14.9 Å². The second-order valence-corrected chi connectivity index (χ2v) is 9.95. The second kappa shape index (κ2) is 8.32. The van der Waals surface area contributed by atoms with Gasteiger partial charge >= 0.3 is 0 Å². The van der Waals surface area contributed by atoms with Crippen molar-refractivity contribution in [1.29, 1.82) is 0 Å². The molecule has 0 bridgehead atoms. The van der Waals surface area contributed by atoms with Crippen LogP contribution in [-0.4, -0.2) is 51.8 Å². The molecule has 5 nitrogen and oxygen atoms in total. The molecular weight excluding hydrogens is 382 g/mol. The van der Waals surface area contributed by atoms with E-state index in [1.165, 1.54) is 16.9 Å². The Kier molecular flexibility index (Phi) is 5.96. The minimum absolute atomic E-state index is 0.210. The van der Waals surface area contributed by atoms with Crippen LogP contribution in [0.5, 0.6) is 5.88 Å². The van der Waals surface area contributed by atoms with Gasteiger partial charge in [-0.2, -0.15) is 0 Å². The molecule has 2 aromatic rings. The van der Waals surface area contributed by atoms with Crippen molar-refractivity contribution in [3.8, 4) is 5.88 Å². The molecule has 1 fully saturated rings. The molecule has 2 aliphatic carbocycles. The number of hydrogen-bond acceptors (Lipinski definition) is 6. The van der Waals surface area contributed by atoms with Gasteiger partial charge in [0.05, 0.1) is 11.5 Å². The van der Waals surface area contributed by atoms with Gasteiger partial charge in [0.2, 0.25) is 5.88 Å². The number of aryl methyl sites for hydroxylation is 1. The number of hydrogen-bond donors (Lipinski definition) is 1. The van der Waals surface area contributed by atoms with Crippen LogP contribution in [0.25, 0.3) is 10.2 Å². The molecule has 1 N–H and O–H groups in total. The van der Waals surface area contributed by atoms with Crippen molar-refractivity contribution in [3.05, 3.63) is 29.4 Å². The molecule has 0 saturated heterocycles. The van der Waals surface area contributed by atoms with Crippen LogP contribution in [0.2, 0.25) is 0 Å². The lowest BCUT2D eigenvalue weighted by atomic mass is 9.77. The Bertz CT molecular complexity index is 870. The number of aliphatic hydroxyl groups is 1. The van der Waals surface area contributed by atoms with Gasteiger partial charge in [-0.15, -0.1) is 17.9 Å². The fraction of sp³-hybridized carbons (Fsp3) is 0.652. The highest BCUT2D eigenvalue weighted by molar-refractivity contribution is 7.19. The summed E-state index contributed by atoms with van der Waals surface area (Å²) in [6.45, 7) is 6.03. The summed E-state index contributed by atoms with van der Waals surface area (Å²) in [4.78, 5) is 13.9. The normalized spacial score (nSPS) is 27.9. The molecule has 2 heterocycles. The zero-order chi connectivity index (χ0) is 20.6. The summed E-state index contributed by atoms with van der Waals surface area (Å²) >= 11 is 1.76. The van der Waals surface area contributed by atoms with E-state index in [0.29, 0.717) is 17.9 Å². The highest BCUT2D eigenvalue weighted by Gasteiger charge is 2.37. The molecule has 0 radical (unpaired) electrons. The Hall–Kier alpha value is -1.50. The standard InChI is InChI=1S/C23H33N3O2S/c1-5-16(27)13-15-7-8-18-19(15)20-21(24-14-25-22(20)29-18)28-17-9-11-23(6-2,12-10-17)26(3)4/h5,14-17,27H,1,6-13H2,2-4H3/t15-,16+,17-,23+/m1/s1. The van der Waals surface area contributed by atoms with Gasteiger partial charge in [0.1, 0.15) is 17.3 Å². The Balaban J connectivity index is 1.57. The van der Waals surface area contributed by atoms with Crippen molar-refractivity contribution in [2.75, 3.05) is 14.1 Å². The van der Waals surface area contributed by atoms with Crippen molar-refractivity contribution < 1.29 is 9.84 Å². The molecule has 2 atom stereocenters. The van der Waals surface area contributed by atoms with E-state index in [1.54, 1.807) is 23.7 Å². The van der Waals surface area contributed by atoms with Crippen LogP contribution in [0.15, 0.2) is 19.0 Å². The molecule has 0 amide bonds. The van der Waals surface area contributed by atoms with E-state index in [-0.39, 0.29) is 6.10 Å². The van der Waals surface area contributed by atoms with Gasteiger partial charge in [0, 0.05) is 10.4 Å². The second-order valence-electron chi connectivity index (χ2n) is 8.86. The molecular formula is C23H33N3O2S. The van der Waals surface area contributed by atoms with Crippen LogP contribution >= 0.6 is 11.3 Å². The zero-order valence-corrected chi connectivity index (χ0v) is 18.7. The van der Waals surface area contributed by atoms with Crippen LogP contribution in [0.4, 0.5) is 0 Å². The SMILES string of the molecule is C=C[C@H](O)C[C@H]1CCc2sc3ncnc(O[C@H]4CC[C@@](CC)(N(C)C)CC4)c3c21. The summed E-state index contributed by atoms with van der Waals surface area (Å²) in [6.07, 6.45) is 11.4. The number of aliphatic hydroxyl groups excluding tert-OH is 1. The molecule has 2 aliphatic rings. The van der Waals surface area contributed by atoms with Gasteiger partial charge in [-0.1, -0.05) is 13.0 Å². The minimum Gasteiger partial charge on any atom is -0.474 e. The first kappa shape index (κ1) is 20.8. The fourth-order valence-corrected chi connectivity index (χ4v) is 6.51. The predicted molar refractivity (Wildman–Crippen MR) is 119 cm³/mol. The Labute approximate surface area is 177 Å². The molecule has 1 saturated carbocycles. The van der Waals surface area contributed by atoms with Gasteiger partial charge in [-0.3, -0.25) is 0 Å². The van der Waals surface area contributed by atoms with Crippen LogP contribution in [0.1, 0.15) is 68.2 Å². The van der Waals surface area contributed by atoms with E-state index in [2.05, 4.69) is 42.5 Å². The average Bonchev–Trinajstić information content (AvgIpc) is 3.28. The lowest BCUT2D eigenvalue weighted by molar-refractivity contribution is 0.0402. The molecule has 0 spiro atoms. The fourth-order valence-electron chi connectivity index (χ4n) is 5.27. The summed E-state index contributed by atoms with van der Waals surface area (Å²) in [5.41, 5.74) is 1.62. The topological polar surface area (TPSA) is 58.5 Å². The van der Waals surface area contributed by atoms with Crippen LogP contribution in [0.3, 0.4) is 0 Å². The molecule has 2 aromatic heterocycles. The average molecular weight is 416 g/mol. The molecule has 158 valence electrons. The Morgan fingerprint density at radius 2 is 2.10 bits per heavy atom.